The maximum Gasteiger partial charge on any atom is 0.316 e. The third kappa shape index (κ3) is 4.12. The number of methoxy groups -OCH3 is 1. The predicted molar refractivity (Wildman–Crippen MR) is 89.0 cm³/mol. The summed E-state index contributed by atoms with van der Waals surface area (Å²) < 4.78 is 10.8. The zero-order valence-corrected chi connectivity index (χ0v) is 14.2. The minimum atomic E-state index is -0.0160. The van der Waals surface area contributed by atoms with E-state index in [9.17, 15) is 0 Å². The molecule has 1 fully saturated rings. The van der Waals surface area contributed by atoms with Gasteiger partial charge in [-0.3, -0.25) is 4.90 Å². The highest BCUT2D eigenvalue weighted by Gasteiger charge is 2.22. The molecule has 1 aromatic carbocycles. The molecule has 0 unspecified atom stereocenters. The lowest BCUT2D eigenvalue weighted by Crippen LogP contribution is -2.37. The van der Waals surface area contributed by atoms with Gasteiger partial charge in [-0.15, -0.1) is 0 Å². The number of aromatic nitrogens is 2. The van der Waals surface area contributed by atoms with Crippen LogP contribution in [0.25, 0.3) is 0 Å². The van der Waals surface area contributed by atoms with Gasteiger partial charge in [-0.05, 0) is 17.7 Å². The van der Waals surface area contributed by atoms with Crippen LogP contribution in [0.2, 0.25) is 10.0 Å². The van der Waals surface area contributed by atoms with Gasteiger partial charge in [0, 0.05) is 37.6 Å². The lowest BCUT2D eigenvalue weighted by Gasteiger charge is -2.33. The highest BCUT2D eigenvalue weighted by molar-refractivity contribution is 6.42. The summed E-state index contributed by atoms with van der Waals surface area (Å²) in [5.74, 6) is 0. The van der Waals surface area contributed by atoms with Gasteiger partial charge in [-0.25, -0.2) is 9.97 Å². The van der Waals surface area contributed by atoms with Gasteiger partial charge in [-0.2, -0.15) is 0 Å². The van der Waals surface area contributed by atoms with Crippen LogP contribution in [0.15, 0.2) is 30.6 Å². The molecule has 5 nitrogen and oxygen atoms in total. The molecule has 122 valence electrons. The molecule has 0 amide bonds. The molecule has 0 aliphatic carbocycles. The summed E-state index contributed by atoms with van der Waals surface area (Å²) in [5, 5.41) is 1.10. The normalized spacial score (nSPS) is 18.8. The van der Waals surface area contributed by atoms with Crippen molar-refractivity contribution in [2.24, 2.45) is 0 Å². The average molecular weight is 354 g/mol. The van der Waals surface area contributed by atoms with E-state index in [-0.39, 0.29) is 6.10 Å². The van der Waals surface area contributed by atoms with E-state index < -0.39 is 0 Å². The minimum Gasteiger partial charge on any atom is -0.467 e. The van der Waals surface area contributed by atoms with E-state index >= 15 is 0 Å². The lowest BCUT2D eigenvalue weighted by atomic mass is 10.1. The van der Waals surface area contributed by atoms with Crippen LogP contribution >= 0.6 is 23.2 Å². The molecular weight excluding hydrogens is 337 g/mol. The molecule has 2 heterocycles. The van der Waals surface area contributed by atoms with Crippen LogP contribution in [0.4, 0.5) is 0 Å². The number of rotatable bonds is 4. The Labute approximate surface area is 145 Å². The average Bonchev–Trinajstić information content (AvgIpc) is 2.58. The molecule has 0 spiro atoms. The van der Waals surface area contributed by atoms with Crippen molar-refractivity contribution in [3.05, 3.63) is 51.8 Å². The second kappa shape index (κ2) is 7.45. The van der Waals surface area contributed by atoms with Gasteiger partial charge in [0.1, 0.15) is 0 Å². The van der Waals surface area contributed by atoms with E-state index in [1.54, 1.807) is 25.6 Å². The third-order valence-electron chi connectivity index (χ3n) is 3.74. The lowest BCUT2D eigenvalue weighted by molar-refractivity contribution is -0.0329. The molecule has 7 heteroatoms. The monoisotopic (exact) mass is 353 g/mol. The van der Waals surface area contributed by atoms with Crippen molar-refractivity contribution in [2.45, 2.75) is 12.6 Å². The Morgan fingerprint density at radius 2 is 2.04 bits per heavy atom. The molecule has 3 rings (SSSR count). The van der Waals surface area contributed by atoms with E-state index in [2.05, 4.69) is 14.9 Å². The number of ether oxygens (including phenoxy) is 2. The van der Waals surface area contributed by atoms with Gasteiger partial charge in [-0.1, -0.05) is 29.3 Å². The SMILES string of the molecule is COc1ncc(CN2CCO[C@H](c3ccc(Cl)c(Cl)c3)C2)cn1. The second-order valence-corrected chi connectivity index (χ2v) is 6.16. The highest BCUT2D eigenvalue weighted by Crippen LogP contribution is 2.29. The van der Waals surface area contributed by atoms with Crippen LogP contribution in [0.1, 0.15) is 17.2 Å². The predicted octanol–water partition coefficient (Wildman–Crippen LogP) is 3.37. The largest absolute Gasteiger partial charge is 0.467 e. The van der Waals surface area contributed by atoms with Crippen molar-refractivity contribution in [2.75, 3.05) is 26.8 Å². The van der Waals surface area contributed by atoms with Crippen molar-refractivity contribution in [3.63, 3.8) is 0 Å². The van der Waals surface area contributed by atoms with Crippen molar-refractivity contribution < 1.29 is 9.47 Å². The van der Waals surface area contributed by atoms with E-state index in [0.717, 1.165) is 30.8 Å². The minimum absolute atomic E-state index is 0.0160. The zero-order chi connectivity index (χ0) is 16.2. The van der Waals surface area contributed by atoms with Crippen LogP contribution in [0, 0.1) is 0 Å². The van der Waals surface area contributed by atoms with Gasteiger partial charge < -0.3 is 9.47 Å². The van der Waals surface area contributed by atoms with Crippen LogP contribution < -0.4 is 4.74 Å². The summed E-state index contributed by atoms with van der Waals surface area (Å²) in [7, 11) is 1.55. The van der Waals surface area contributed by atoms with Gasteiger partial charge in [0.05, 0.1) is 29.9 Å². The smallest absolute Gasteiger partial charge is 0.316 e. The molecule has 23 heavy (non-hydrogen) atoms. The van der Waals surface area contributed by atoms with Gasteiger partial charge in [0.2, 0.25) is 0 Å². The third-order valence-corrected chi connectivity index (χ3v) is 4.48. The molecule has 0 saturated carbocycles. The van der Waals surface area contributed by atoms with Crippen LogP contribution in [0.5, 0.6) is 6.01 Å². The van der Waals surface area contributed by atoms with Crippen molar-refractivity contribution in [3.8, 4) is 6.01 Å². The quantitative estimate of drug-likeness (QED) is 0.843. The zero-order valence-electron chi connectivity index (χ0n) is 12.7. The molecule has 1 atom stereocenters. The Balaban J connectivity index is 1.66. The van der Waals surface area contributed by atoms with E-state index in [1.807, 2.05) is 12.1 Å². The topological polar surface area (TPSA) is 47.5 Å². The summed E-state index contributed by atoms with van der Waals surface area (Å²) in [6, 6.07) is 6.01. The van der Waals surface area contributed by atoms with Crippen molar-refractivity contribution >= 4 is 23.2 Å². The van der Waals surface area contributed by atoms with Gasteiger partial charge >= 0.3 is 6.01 Å². The second-order valence-electron chi connectivity index (χ2n) is 5.35. The Bertz CT molecular complexity index is 667. The number of nitrogens with zero attached hydrogens (tertiary/aromatic N) is 3. The molecule has 2 aromatic rings. The first-order valence-corrected chi connectivity index (χ1v) is 8.05. The Hall–Kier alpha value is -1.40. The fourth-order valence-corrected chi connectivity index (χ4v) is 2.86. The number of halogens is 2. The number of hydrogen-bond donors (Lipinski definition) is 0. The number of hydrogen-bond acceptors (Lipinski definition) is 5. The van der Waals surface area contributed by atoms with Crippen LogP contribution in [-0.2, 0) is 11.3 Å². The fourth-order valence-electron chi connectivity index (χ4n) is 2.55. The first kappa shape index (κ1) is 16.5. The molecule has 1 saturated heterocycles. The first-order chi connectivity index (χ1) is 11.2. The first-order valence-electron chi connectivity index (χ1n) is 7.29. The fraction of sp³-hybridized carbons (Fsp3) is 0.375. The standard InChI is InChI=1S/C16H17Cl2N3O2/c1-22-16-19-7-11(8-20-16)9-21-4-5-23-15(10-21)12-2-3-13(17)14(18)6-12/h2-3,6-8,15H,4-5,9-10H2,1H3/t15-/m0/s1. The number of morpholine rings is 1. The number of benzene rings is 1. The molecule has 0 bridgehead atoms. The molecule has 1 aliphatic rings. The maximum absolute atomic E-state index is 6.10. The maximum atomic E-state index is 6.10. The molecule has 1 aromatic heterocycles. The van der Waals surface area contributed by atoms with Crippen molar-refractivity contribution in [1.29, 1.82) is 0 Å². The molecule has 1 aliphatic heterocycles. The van der Waals surface area contributed by atoms with Crippen LogP contribution in [0.3, 0.4) is 0 Å². The molecule has 0 N–H and O–H groups in total. The summed E-state index contributed by atoms with van der Waals surface area (Å²) in [4.78, 5) is 10.6. The Kier molecular flexibility index (Phi) is 5.33. The van der Waals surface area contributed by atoms with E-state index in [1.165, 1.54) is 0 Å². The summed E-state index contributed by atoms with van der Waals surface area (Å²) in [5.41, 5.74) is 2.08. The molecular formula is C16H17Cl2N3O2. The summed E-state index contributed by atoms with van der Waals surface area (Å²) in [6.07, 6.45) is 3.56. The van der Waals surface area contributed by atoms with Crippen molar-refractivity contribution in [1.82, 2.24) is 14.9 Å². The van der Waals surface area contributed by atoms with Gasteiger partial charge in [0.15, 0.2) is 0 Å². The van der Waals surface area contributed by atoms with Gasteiger partial charge in [0.25, 0.3) is 0 Å². The Morgan fingerprint density at radius 3 is 2.74 bits per heavy atom. The van der Waals surface area contributed by atoms with Crippen LogP contribution in [-0.4, -0.2) is 41.7 Å². The van der Waals surface area contributed by atoms with E-state index in [0.29, 0.717) is 22.7 Å². The summed E-state index contributed by atoms with van der Waals surface area (Å²) >= 11 is 12.1. The van der Waals surface area contributed by atoms with E-state index in [4.69, 9.17) is 32.7 Å². The highest BCUT2D eigenvalue weighted by atomic mass is 35.5. The summed E-state index contributed by atoms with van der Waals surface area (Å²) in [6.45, 7) is 3.08. The Morgan fingerprint density at radius 1 is 1.26 bits per heavy atom. The molecule has 0 radical (unpaired) electrons.